The molecular formula is C18H20ClNO4S. The Morgan fingerprint density at radius 3 is 2.68 bits per heavy atom. The number of anilines is 1. The second-order valence-electron chi connectivity index (χ2n) is 5.30. The van der Waals surface area contributed by atoms with Gasteiger partial charge in [0.05, 0.1) is 17.2 Å². The molecule has 1 N–H and O–H groups in total. The predicted molar refractivity (Wildman–Crippen MR) is 100.0 cm³/mol. The third-order valence-electron chi connectivity index (χ3n) is 3.33. The van der Waals surface area contributed by atoms with Crippen LogP contribution in [0.25, 0.3) is 0 Å². The second-order valence-corrected chi connectivity index (χ2v) is 6.84. The molecule has 0 spiro atoms. The van der Waals surface area contributed by atoms with Crippen molar-refractivity contribution in [2.24, 2.45) is 0 Å². The van der Waals surface area contributed by atoms with E-state index in [1.165, 1.54) is 11.3 Å². The molecule has 0 unspecified atom stereocenters. The molecule has 0 atom stereocenters. The number of nitrogens with one attached hydrogen (secondary N) is 1. The maximum Gasteiger partial charge on any atom is 0.341 e. The molecule has 1 heterocycles. The van der Waals surface area contributed by atoms with Gasteiger partial charge in [0, 0.05) is 4.88 Å². The summed E-state index contributed by atoms with van der Waals surface area (Å²) in [5.41, 5.74) is 1.35. The third-order valence-corrected chi connectivity index (χ3v) is 4.83. The van der Waals surface area contributed by atoms with E-state index in [9.17, 15) is 9.59 Å². The van der Waals surface area contributed by atoms with Gasteiger partial charge >= 0.3 is 5.97 Å². The quantitative estimate of drug-likeness (QED) is 0.719. The third kappa shape index (κ3) is 5.21. The summed E-state index contributed by atoms with van der Waals surface area (Å²) >= 11 is 7.40. The lowest BCUT2D eigenvalue weighted by Gasteiger charge is -2.09. The van der Waals surface area contributed by atoms with Crippen LogP contribution in [0.15, 0.2) is 24.3 Å². The van der Waals surface area contributed by atoms with Gasteiger partial charge in [0.1, 0.15) is 10.8 Å². The summed E-state index contributed by atoms with van der Waals surface area (Å²) in [5, 5.41) is 3.63. The van der Waals surface area contributed by atoms with E-state index in [4.69, 9.17) is 21.1 Å². The number of thiophene rings is 1. The Morgan fingerprint density at radius 2 is 2.00 bits per heavy atom. The summed E-state index contributed by atoms with van der Waals surface area (Å²) in [6.07, 6.45) is 0.766. The number of ether oxygens (including phenoxy) is 2. The first-order valence-electron chi connectivity index (χ1n) is 7.93. The van der Waals surface area contributed by atoms with E-state index in [1.54, 1.807) is 25.1 Å². The van der Waals surface area contributed by atoms with Crippen LogP contribution in [0, 0.1) is 6.92 Å². The summed E-state index contributed by atoms with van der Waals surface area (Å²) in [5.74, 6) is -0.369. The number of carbonyl (C=O) groups is 2. The van der Waals surface area contributed by atoms with E-state index in [2.05, 4.69) is 5.32 Å². The minimum absolute atomic E-state index is 0.204. The maximum absolute atomic E-state index is 12.2. The first kappa shape index (κ1) is 19.3. The molecule has 5 nitrogen and oxygen atoms in total. The maximum atomic E-state index is 12.2. The van der Waals surface area contributed by atoms with Crippen molar-refractivity contribution < 1.29 is 19.1 Å². The fourth-order valence-electron chi connectivity index (χ4n) is 2.10. The van der Waals surface area contributed by atoms with Gasteiger partial charge in [0.15, 0.2) is 6.61 Å². The molecule has 134 valence electrons. The number of benzene rings is 1. The van der Waals surface area contributed by atoms with Crippen molar-refractivity contribution in [1.82, 2.24) is 0 Å². The summed E-state index contributed by atoms with van der Waals surface area (Å²) in [4.78, 5) is 25.2. The average Bonchev–Trinajstić information content (AvgIpc) is 2.99. The van der Waals surface area contributed by atoms with Crippen molar-refractivity contribution in [3.63, 3.8) is 0 Å². The fraction of sp³-hybridized carbons (Fsp3) is 0.333. The number of hydrogen-bond acceptors (Lipinski definition) is 5. The number of rotatable bonds is 7. The smallest absolute Gasteiger partial charge is 0.341 e. The highest BCUT2D eigenvalue weighted by Crippen LogP contribution is 2.29. The van der Waals surface area contributed by atoms with E-state index >= 15 is 0 Å². The van der Waals surface area contributed by atoms with Gasteiger partial charge in [0.2, 0.25) is 0 Å². The zero-order valence-electron chi connectivity index (χ0n) is 14.3. The predicted octanol–water partition coefficient (Wildman–Crippen LogP) is 4.47. The Morgan fingerprint density at radius 1 is 1.24 bits per heavy atom. The van der Waals surface area contributed by atoms with Gasteiger partial charge in [-0.25, -0.2) is 4.79 Å². The normalized spacial score (nSPS) is 10.4. The number of hydrogen-bond donors (Lipinski definition) is 1. The SMILES string of the molecule is CCOC(=O)c1cc(CC)sc1NC(=O)COc1cc(C)ccc1Cl. The topological polar surface area (TPSA) is 64.6 Å². The number of esters is 1. The summed E-state index contributed by atoms with van der Waals surface area (Å²) in [7, 11) is 0. The van der Waals surface area contributed by atoms with E-state index in [-0.39, 0.29) is 19.1 Å². The first-order valence-corrected chi connectivity index (χ1v) is 9.12. The van der Waals surface area contributed by atoms with Crippen LogP contribution in [-0.4, -0.2) is 25.1 Å². The van der Waals surface area contributed by atoms with Crippen LogP contribution < -0.4 is 10.1 Å². The van der Waals surface area contributed by atoms with Crippen molar-refractivity contribution in [2.45, 2.75) is 27.2 Å². The van der Waals surface area contributed by atoms with Crippen LogP contribution in [0.2, 0.25) is 5.02 Å². The zero-order chi connectivity index (χ0) is 18.4. The van der Waals surface area contributed by atoms with Crippen molar-refractivity contribution >= 4 is 39.8 Å². The summed E-state index contributed by atoms with van der Waals surface area (Å²) in [6, 6.07) is 7.09. The van der Waals surface area contributed by atoms with Gasteiger partial charge in [-0.05, 0) is 44.0 Å². The van der Waals surface area contributed by atoms with Crippen molar-refractivity contribution in [1.29, 1.82) is 0 Å². The lowest BCUT2D eigenvalue weighted by molar-refractivity contribution is -0.118. The molecule has 25 heavy (non-hydrogen) atoms. The summed E-state index contributed by atoms with van der Waals surface area (Å²) in [6.45, 7) is 5.70. The monoisotopic (exact) mass is 381 g/mol. The molecule has 0 aliphatic heterocycles. The largest absolute Gasteiger partial charge is 0.482 e. The van der Waals surface area contributed by atoms with Gasteiger partial charge in [0.25, 0.3) is 5.91 Å². The molecule has 0 saturated carbocycles. The van der Waals surface area contributed by atoms with Gasteiger partial charge < -0.3 is 14.8 Å². The molecule has 1 aromatic heterocycles. The van der Waals surface area contributed by atoms with Crippen molar-refractivity contribution in [3.05, 3.63) is 45.3 Å². The van der Waals surface area contributed by atoms with Crippen LogP contribution in [0.1, 0.15) is 34.6 Å². The Kier molecular flexibility index (Phi) is 6.84. The van der Waals surface area contributed by atoms with Crippen molar-refractivity contribution in [3.8, 4) is 5.75 Å². The zero-order valence-corrected chi connectivity index (χ0v) is 15.9. The van der Waals surface area contributed by atoms with E-state index in [0.29, 0.717) is 21.3 Å². The molecule has 0 aliphatic rings. The summed E-state index contributed by atoms with van der Waals surface area (Å²) < 4.78 is 10.5. The second kappa shape index (κ2) is 8.87. The van der Waals surface area contributed by atoms with Gasteiger partial charge in [-0.3, -0.25) is 4.79 Å². The highest BCUT2D eigenvalue weighted by atomic mass is 35.5. The molecule has 0 bridgehead atoms. The molecule has 0 fully saturated rings. The Labute approximate surface area is 155 Å². The number of aryl methyl sites for hydroxylation is 2. The molecule has 1 aromatic carbocycles. The molecule has 1 amide bonds. The van der Waals surface area contributed by atoms with Gasteiger partial charge in [-0.15, -0.1) is 11.3 Å². The number of halogens is 1. The Hall–Kier alpha value is -2.05. The molecule has 2 aromatic rings. The Balaban J connectivity index is 2.06. The molecule has 0 saturated heterocycles. The Bertz CT molecular complexity index is 772. The minimum Gasteiger partial charge on any atom is -0.482 e. The van der Waals surface area contributed by atoms with E-state index in [0.717, 1.165) is 16.9 Å². The van der Waals surface area contributed by atoms with Gasteiger partial charge in [-0.2, -0.15) is 0 Å². The molecule has 7 heteroatoms. The van der Waals surface area contributed by atoms with Crippen LogP contribution in [0.4, 0.5) is 5.00 Å². The average molecular weight is 382 g/mol. The lowest BCUT2D eigenvalue weighted by Crippen LogP contribution is -2.21. The fourth-order valence-corrected chi connectivity index (χ4v) is 3.27. The van der Waals surface area contributed by atoms with Crippen LogP contribution in [0.3, 0.4) is 0 Å². The molecule has 0 radical (unpaired) electrons. The molecule has 0 aliphatic carbocycles. The standard InChI is InChI=1S/C18H20ClNO4S/c1-4-12-9-13(18(22)23-5-2)17(25-12)20-16(21)10-24-15-8-11(3)6-7-14(15)19/h6-9H,4-5,10H2,1-3H3,(H,20,21). The van der Waals surface area contributed by atoms with Crippen LogP contribution in [-0.2, 0) is 16.0 Å². The first-order chi connectivity index (χ1) is 11.9. The number of carbonyl (C=O) groups excluding carboxylic acids is 2. The van der Waals surface area contributed by atoms with Crippen molar-refractivity contribution in [2.75, 3.05) is 18.5 Å². The van der Waals surface area contributed by atoms with Gasteiger partial charge in [-0.1, -0.05) is 24.6 Å². The van der Waals surface area contributed by atoms with E-state index < -0.39 is 5.97 Å². The molecular weight excluding hydrogens is 362 g/mol. The van der Waals surface area contributed by atoms with Crippen LogP contribution in [0.5, 0.6) is 5.75 Å². The lowest BCUT2D eigenvalue weighted by atomic mass is 10.2. The van der Waals surface area contributed by atoms with E-state index in [1.807, 2.05) is 19.9 Å². The number of amides is 1. The highest BCUT2D eigenvalue weighted by molar-refractivity contribution is 7.16. The molecule has 2 rings (SSSR count). The van der Waals surface area contributed by atoms with Crippen LogP contribution >= 0.6 is 22.9 Å². The highest BCUT2D eigenvalue weighted by Gasteiger charge is 2.19. The minimum atomic E-state index is -0.448.